The van der Waals surface area contributed by atoms with Crippen LogP contribution < -0.4 is 0 Å². The lowest BCUT2D eigenvalue weighted by Gasteiger charge is -2.36. The summed E-state index contributed by atoms with van der Waals surface area (Å²) in [4.78, 5) is 2.49. The van der Waals surface area contributed by atoms with Crippen LogP contribution in [0.25, 0.3) is 0 Å². The zero-order valence-corrected chi connectivity index (χ0v) is 12.9. The van der Waals surface area contributed by atoms with Crippen LogP contribution in [-0.2, 0) is 13.0 Å². The van der Waals surface area contributed by atoms with Gasteiger partial charge in [0.2, 0.25) is 0 Å². The van der Waals surface area contributed by atoms with E-state index in [4.69, 9.17) is 5.21 Å². The fourth-order valence-corrected chi connectivity index (χ4v) is 3.24. The molecule has 0 saturated carbocycles. The highest BCUT2D eigenvalue weighted by Crippen LogP contribution is 2.30. The molecule has 0 bridgehead atoms. The Morgan fingerprint density at radius 1 is 1.09 bits per heavy atom. The van der Waals surface area contributed by atoms with Gasteiger partial charge in [-0.15, -0.1) is 0 Å². The molecule has 0 amide bonds. The van der Waals surface area contributed by atoms with Gasteiger partial charge in [-0.2, -0.15) is 0 Å². The average molecular weight is 294 g/mol. The largest absolute Gasteiger partial charge is 0.411 e. The fourth-order valence-electron chi connectivity index (χ4n) is 3.24. The van der Waals surface area contributed by atoms with E-state index in [0.717, 1.165) is 31.6 Å². The van der Waals surface area contributed by atoms with Crippen molar-refractivity contribution >= 4 is 5.71 Å². The van der Waals surface area contributed by atoms with E-state index < -0.39 is 0 Å². The predicted molar refractivity (Wildman–Crippen MR) is 89.3 cm³/mol. The molecule has 1 aliphatic heterocycles. The van der Waals surface area contributed by atoms with Crippen molar-refractivity contribution in [2.24, 2.45) is 5.16 Å². The summed E-state index contributed by atoms with van der Waals surface area (Å²) in [5.74, 6) is 0. The monoisotopic (exact) mass is 294 g/mol. The van der Waals surface area contributed by atoms with Gasteiger partial charge in [0, 0.05) is 25.6 Å². The maximum Gasteiger partial charge on any atom is 0.0559 e. The van der Waals surface area contributed by atoms with Crippen LogP contribution in [0.2, 0.25) is 0 Å². The summed E-state index contributed by atoms with van der Waals surface area (Å²) in [6.07, 6.45) is 1.83. The molecule has 0 aliphatic carbocycles. The van der Waals surface area contributed by atoms with Crippen molar-refractivity contribution in [1.29, 1.82) is 0 Å². The summed E-state index contributed by atoms with van der Waals surface area (Å²) < 4.78 is 0. The van der Waals surface area contributed by atoms with Crippen molar-refractivity contribution in [1.82, 2.24) is 4.90 Å². The maximum atomic E-state index is 9.06. The molecule has 2 aromatic carbocycles. The number of hydrogen-bond donors (Lipinski definition) is 1. The highest BCUT2D eigenvalue weighted by Gasteiger charge is 2.25. The standard InChI is InChI=1S/C19H22N2O/c1-15(20-22)13-19(17-8-3-2-4-9-17)21-12-11-16-7-5-6-10-18(16)14-21/h2-10,19,22H,11-14H2,1H3/b20-15+. The van der Waals surface area contributed by atoms with Crippen molar-refractivity contribution in [2.75, 3.05) is 6.54 Å². The van der Waals surface area contributed by atoms with Crippen molar-refractivity contribution < 1.29 is 5.21 Å². The van der Waals surface area contributed by atoms with E-state index in [1.807, 2.05) is 13.0 Å². The van der Waals surface area contributed by atoms with Crippen LogP contribution in [0.4, 0.5) is 0 Å². The van der Waals surface area contributed by atoms with Gasteiger partial charge >= 0.3 is 0 Å². The zero-order valence-electron chi connectivity index (χ0n) is 12.9. The Labute approximate surface area is 131 Å². The average Bonchev–Trinajstić information content (AvgIpc) is 2.59. The van der Waals surface area contributed by atoms with Gasteiger partial charge < -0.3 is 5.21 Å². The Morgan fingerprint density at radius 3 is 2.50 bits per heavy atom. The van der Waals surface area contributed by atoms with E-state index in [0.29, 0.717) is 0 Å². The van der Waals surface area contributed by atoms with Crippen LogP contribution in [0.5, 0.6) is 0 Å². The van der Waals surface area contributed by atoms with Crippen LogP contribution in [0, 0.1) is 0 Å². The van der Waals surface area contributed by atoms with Gasteiger partial charge in [0.1, 0.15) is 0 Å². The molecule has 0 spiro atoms. The van der Waals surface area contributed by atoms with E-state index in [2.05, 4.69) is 58.6 Å². The first-order valence-electron chi connectivity index (χ1n) is 7.81. The van der Waals surface area contributed by atoms with Gasteiger partial charge in [-0.3, -0.25) is 4.90 Å². The first kappa shape index (κ1) is 14.8. The molecule has 0 radical (unpaired) electrons. The molecule has 22 heavy (non-hydrogen) atoms. The number of rotatable bonds is 4. The molecule has 1 heterocycles. The van der Waals surface area contributed by atoms with E-state index in [1.54, 1.807) is 0 Å². The van der Waals surface area contributed by atoms with Crippen LogP contribution in [0.3, 0.4) is 0 Å². The predicted octanol–water partition coefficient (Wildman–Crippen LogP) is 4.03. The van der Waals surface area contributed by atoms with Crippen molar-refractivity contribution in [2.45, 2.75) is 32.4 Å². The number of fused-ring (bicyclic) bond motifs is 1. The van der Waals surface area contributed by atoms with Crippen LogP contribution >= 0.6 is 0 Å². The second-order valence-corrected chi connectivity index (χ2v) is 5.96. The van der Waals surface area contributed by atoms with Crippen molar-refractivity contribution in [3.05, 3.63) is 71.3 Å². The number of hydrogen-bond acceptors (Lipinski definition) is 3. The number of benzene rings is 2. The minimum absolute atomic E-state index is 0.255. The molecular weight excluding hydrogens is 272 g/mol. The lowest BCUT2D eigenvalue weighted by Crippen LogP contribution is -2.35. The molecule has 2 aromatic rings. The molecule has 3 rings (SSSR count). The van der Waals surface area contributed by atoms with Gasteiger partial charge in [-0.05, 0) is 30.0 Å². The molecule has 0 aromatic heterocycles. The third-order valence-electron chi connectivity index (χ3n) is 4.44. The van der Waals surface area contributed by atoms with Gasteiger partial charge in [-0.1, -0.05) is 59.8 Å². The summed E-state index contributed by atoms with van der Waals surface area (Å²) in [6, 6.07) is 19.4. The summed E-state index contributed by atoms with van der Waals surface area (Å²) in [7, 11) is 0. The summed E-state index contributed by atoms with van der Waals surface area (Å²) in [5.41, 5.74) is 4.92. The SMILES string of the molecule is C/C(CC(c1ccccc1)N1CCc2ccccc2C1)=N\O. The zero-order chi connectivity index (χ0) is 15.4. The topological polar surface area (TPSA) is 35.8 Å². The maximum absolute atomic E-state index is 9.06. The quantitative estimate of drug-likeness (QED) is 0.525. The molecule has 1 atom stereocenters. The Hall–Kier alpha value is -2.13. The van der Waals surface area contributed by atoms with Gasteiger partial charge in [-0.25, -0.2) is 0 Å². The van der Waals surface area contributed by atoms with Gasteiger partial charge in [0.05, 0.1) is 5.71 Å². The lowest BCUT2D eigenvalue weighted by molar-refractivity contribution is 0.182. The molecule has 114 valence electrons. The molecular formula is C19H22N2O. The van der Waals surface area contributed by atoms with E-state index in [1.165, 1.54) is 16.7 Å². The number of oxime groups is 1. The fraction of sp³-hybridized carbons (Fsp3) is 0.316. The smallest absolute Gasteiger partial charge is 0.0559 e. The number of nitrogens with zero attached hydrogens (tertiary/aromatic N) is 2. The first-order chi connectivity index (χ1) is 10.8. The molecule has 0 fully saturated rings. The van der Waals surface area contributed by atoms with Crippen LogP contribution in [0.1, 0.15) is 36.1 Å². The molecule has 0 saturated heterocycles. The lowest BCUT2D eigenvalue weighted by atomic mass is 9.94. The third-order valence-corrected chi connectivity index (χ3v) is 4.44. The van der Waals surface area contributed by atoms with Crippen LogP contribution in [0.15, 0.2) is 59.8 Å². The minimum Gasteiger partial charge on any atom is -0.411 e. The highest BCUT2D eigenvalue weighted by atomic mass is 16.4. The third kappa shape index (κ3) is 3.20. The summed E-state index contributed by atoms with van der Waals surface area (Å²) >= 11 is 0. The summed E-state index contributed by atoms with van der Waals surface area (Å²) in [5, 5.41) is 12.4. The van der Waals surface area contributed by atoms with E-state index in [9.17, 15) is 0 Å². The van der Waals surface area contributed by atoms with Crippen molar-refractivity contribution in [3.63, 3.8) is 0 Å². The van der Waals surface area contributed by atoms with Gasteiger partial charge in [0.25, 0.3) is 0 Å². The Balaban J connectivity index is 1.87. The van der Waals surface area contributed by atoms with Crippen LogP contribution in [-0.4, -0.2) is 22.4 Å². The Kier molecular flexibility index (Phi) is 4.54. The van der Waals surface area contributed by atoms with Gasteiger partial charge in [0.15, 0.2) is 0 Å². The normalized spacial score (nSPS) is 17.0. The molecule has 1 unspecified atom stereocenters. The Morgan fingerprint density at radius 2 is 1.77 bits per heavy atom. The second kappa shape index (κ2) is 6.75. The molecule has 3 nitrogen and oxygen atoms in total. The molecule has 3 heteroatoms. The van der Waals surface area contributed by atoms with E-state index in [-0.39, 0.29) is 6.04 Å². The highest BCUT2D eigenvalue weighted by molar-refractivity contribution is 5.82. The molecule has 1 aliphatic rings. The second-order valence-electron chi connectivity index (χ2n) is 5.96. The Bertz CT molecular complexity index is 651. The summed E-state index contributed by atoms with van der Waals surface area (Å²) in [6.45, 7) is 3.87. The van der Waals surface area contributed by atoms with E-state index >= 15 is 0 Å². The first-order valence-corrected chi connectivity index (χ1v) is 7.81. The molecule has 1 N–H and O–H groups in total. The minimum atomic E-state index is 0.255. The van der Waals surface area contributed by atoms with Crippen molar-refractivity contribution in [3.8, 4) is 0 Å².